The van der Waals surface area contributed by atoms with Crippen molar-refractivity contribution in [1.82, 2.24) is 10.3 Å². The normalized spacial score (nSPS) is 15.9. The summed E-state index contributed by atoms with van der Waals surface area (Å²) >= 11 is 3.02. The first kappa shape index (κ1) is 24.6. The maximum Gasteiger partial charge on any atom is 0.341 e. The molecule has 8 heteroatoms. The van der Waals surface area contributed by atoms with Crippen molar-refractivity contribution >= 4 is 50.5 Å². The number of carbonyl (C=O) groups is 2. The largest absolute Gasteiger partial charge is 0.462 e. The average Bonchev–Trinajstić information content (AvgIpc) is 3.46. The molecule has 0 unspecified atom stereocenters. The first-order valence-electron chi connectivity index (χ1n) is 12.0. The van der Waals surface area contributed by atoms with Gasteiger partial charge in [-0.2, -0.15) is 0 Å². The molecule has 3 aromatic heterocycles. The van der Waals surface area contributed by atoms with Crippen LogP contribution in [-0.2, 0) is 16.7 Å². The van der Waals surface area contributed by atoms with Crippen LogP contribution < -0.4 is 10.6 Å². The number of esters is 1. The summed E-state index contributed by atoms with van der Waals surface area (Å²) in [6.07, 6.45) is 0.660. The van der Waals surface area contributed by atoms with Crippen molar-refractivity contribution in [2.45, 2.75) is 52.1 Å². The first-order chi connectivity index (χ1) is 17.1. The summed E-state index contributed by atoms with van der Waals surface area (Å²) in [4.78, 5) is 33.8. The summed E-state index contributed by atoms with van der Waals surface area (Å²) in [6.45, 7) is 10.5. The Bertz CT molecular complexity index is 1470. The molecule has 4 heterocycles. The Kier molecular flexibility index (Phi) is 6.22. The number of rotatable bonds is 5. The quantitative estimate of drug-likeness (QED) is 0.290. The molecule has 1 aliphatic heterocycles. The predicted molar refractivity (Wildman–Crippen MR) is 147 cm³/mol. The van der Waals surface area contributed by atoms with Crippen LogP contribution in [0.25, 0.3) is 21.5 Å². The summed E-state index contributed by atoms with van der Waals surface area (Å²) < 4.78 is 5.44. The fraction of sp³-hybridized carbons (Fsp3) is 0.321. The summed E-state index contributed by atoms with van der Waals surface area (Å²) in [5, 5.41) is 10.0. The number of nitrogens with zero attached hydrogens (tertiary/aromatic N) is 1. The Labute approximate surface area is 218 Å². The number of aromatic nitrogens is 1. The highest BCUT2D eigenvalue weighted by molar-refractivity contribution is 7.17. The lowest BCUT2D eigenvalue weighted by molar-refractivity contribution is 0.0525. The van der Waals surface area contributed by atoms with Gasteiger partial charge < -0.3 is 15.4 Å². The number of hydrogen-bond donors (Lipinski definition) is 2. The summed E-state index contributed by atoms with van der Waals surface area (Å²) in [7, 11) is 0. The number of fused-ring (bicyclic) bond motifs is 2. The zero-order valence-corrected chi connectivity index (χ0v) is 22.7. The second kappa shape index (κ2) is 9.10. The van der Waals surface area contributed by atoms with Crippen LogP contribution in [0.15, 0.2) is 47.8 Å². The van der Waals surface area contributed by atoms with Crippen molar-refractivity contribution in [2.75, 3.05) is 11.9 Å². The highest BCUT2D eigenvalue weighted by Gasteiger charge is 2.42. The highest BCUT2D eigenvalue weighted by atomic mass is 32.1. The molecule has 6 nitrogen and oxygen atoms in total. The molecule has 5 rings (SSSR count). The van der Waals surface area contributed by atoms with Crippen molar-refractivity contribution in [3.05, 3.63) is 69.4 Å². The van der Waals surface area contributed by atoms with Crippen LogP contribution in [0.1, 0.15) is 65.8 Å². The fourth-order valence-corrected chi connectivity index (χ4v) is 7.07. The molecular weight excluding hydrogens is 490 g/mol. The third-order valence-electron chi connectivity index (χ3n) is 6.29. The molecule has 1 aromatic carbocycles. The number of anilines is 1. The lowest BCUT2D eigenvalue weighted by atomic mass is 9.81. The van der Waals surface area contributed by atoms with Gasteiger partial charge in [-0.05, 0) is 70.2 Å². The smallest absolute Gasteiger partial charge is 0.341 e. The van der Waals surface area contributed by atoms with Crippen molar-refractivity contribution in [2.24, 2.45) is 0 Å². The van der Waals surface area contributed by atoms with E-state index in [0.717, 1.165) is 31.9 Å². The number of carbonyl (C=O) groups excluding carboxylic acids is 2. The maximum absolute atomic E-state index is 13.8. The van der Waals surface area contributed by atoms with E-state index in [2.05, 4.69) is 38.3 Å². The number of thiophene rings is 2. The molecule has 4 aromatic rings. The van der Waals surface area contributed by atoms with Gasteiger partial charge in [-0.15, -0.1) is 22.7 Å². The minimum Gasteiger partial charge on any atom is -0.462 e. The van der Waals surface area contributed by atoms with E-state index in [1.807, 2.05) is 47.8 Å². The van der Waals surface area contributed by atoms with E-state index in [1.54, 1.807) is 18.3 Å². The SMILES string of the molecule is CCOC(=O)c1c(NC(=O)c2cc(-c3cccs3)nc3ccccc23)sc2c1CC(C)(C)NC2(C)C. The lowest BCUT2D eigenvalue weighted by Crippen LogP contribution is -2.55. The van der Waals surface area contributed by atoms with E-state index < -0.39 is 5.97 Å². The van der Waals surface area contributed by atoms with Gasteiger partial charge in [-0.1, -0.05) is 24.3 Å². The van der Waals surface area contributed by atoms with E-state index in [0.29, 0.717) is 22.5 Å². The summed E-state index contributed by atoms with van der Waals surface area (Å²) in [5.74, 6) is -0.682. The number of hydrogen-bond acceptors (Lipinski definition) is 7. The number of pyridine rings is 1. The standard InChI is InChI=1S/C28H29N3O3S2/c1-6-34-26(33)22-18-15-27(2,3)31-28(4,5)23(18)36-25(22)30-24(32)17-14-20(21-12-9-13-35-21)29-19-11-8-7-10-16(17)19/h7-14,31H,6,15H2,1-5H3,(H,30,32). The molecule has 0 radical (unpaired) electrons. The van der Waals surface area contributed by atoms with Crippen molar-refractivity contribution < 1.29 is 14.3 Å². The number of nitrogens with one attached hydrogen (secondary N) is 2. The number of ether oxygens (including phenoxy) is 1. The van der Waals surface area contributed by atoms with Gasteiger partial charge >= 0.3 is 5.97 Å². The van der Waals surface area contributed by atoms with Gasteiger partial charge in [-0.25, -0.2) is 9.78 Å². The number of amides is 1. The van der Waals surface area contributed by atoms with Crippen LogP contribution in [-0.4, -0.2) is 29.0 Å². The third-order valence-corrected chi connectivity index (χ3v) is 8.65. The van der Waals surface area contributed by atoms with Gasteiger partial charge in [0.2, 0.25) is 0 Å². The topological polar surface area (TPSA) is 80.3 Å². The maximum atomic E-state index is 13.8. The summed E-state index contributed by atoms with van der Waals surface area (Å²) in [6, 6.07) is 13.4. The van der Waals surface area contributed by atoms with E-state index in [9.17, 15) is 9.59 Å². The second-order valence-electron chi connectivity index (χ2n) is 10.1. The minimum absolute atomic E-state index is 0.211. The number of para-hydroxylation sites is 1. The molecule has 186 valence electrons. The molecule has 0 spiro atoms. The molecule has 0 bridgehead atoms. The Morgan fingerprint density at radius 2 is 1.92 bits per heavy atom. The summed E-state index contributed by atoms with van der Waals surface area (Å²) in [5.41, 5.74) is 2.85. The van der Waals surface area contributed by atoms with Crippen molar-refractivity contribution in [3.8, 4) is 10.6 Å². The monoisotopic (exact) mass is 519 g/mol. The van der Waals surface area contributed by atoms with E-state index in [4.69, 9.17) is 9.72 Å². The first-order valence-corrected chi connectivity index (χ1v) is 13.7. The van der Waals surface area contributed by atoms with E-state index in [-0.39, 0.29) is 23.6 Å². The minimum atomic E-state index is -0.405. The zero-order valence-electron chi connectivity index (χ0n) is 21.0. The molecule has 1 aliphatic rings. The van der Waals surface area contributed by atoms with Crippen LogP contribution in [0.5, 0.6) is 0 Å². The zero-order chi connectivity index (χ0) is 25.7. The Balaban J connectivity index is 1.62. The van der Waals surface area contributed by atoms with Crippen LogP contribution in [0, 0.1) is 0 Å². The molecule has 0 fully saturated rings. The molecule has 36 heavy (non-hydrogen) atoms. The Hall–Kier alpha value is -3.07. The molecule has 0 saturated carbocycles. The lowest BCUT2D eigenvalue weighted by Gasteiger charge is -2.42. The van der Waals surface area contributed by atoms with Crippen molar-refractivity contribution in [1.29, 1.82) is 0 Å². The van der Waals surface area contributed by atoms with Crippen LogP contribution in [0.2, 0.25) is 0 Å². The Morgan fingerprint density at radius 1 is 1.14 bits per heavy atom. The fourth-order valence-electron chi connectivity index (χ4n) is 5.12. The van der Waals surface area contributed by atoms with E-state index in [1.165, 1.54) is 11.3 Å². The van der Waals surface area contributed by atoms with Gasteiger partial charge in [0.15, 0.2) is 0 Å². The van der Waals surface area contributed by atoms with Crippen LogP contribution in [0.3, 0.4) is 0 Å². The van der Waals surface area contributed by atoms with E-state index >= 15 is 0 Å². The second-order valence-corrected chi connectivity index (χ2v) is 12.1. The van der Waals surface area contributed by atoms with Gasteiger partial charge in [0.1, 0.15) is 5.00 Å². The highest BCUT2D eigenvalue weighted by Crippen LogP contribution is 2.45. The third kappa shape index (κ3) is 4.45. The average molecular weight is 520 g/mol. The Morgan fingerprint density at radius 3 is 2.64 bits per heavy atom. The molecule has 2 N–H and O–H groups in total. The molecule has 0 saturated heterocycles. The molecular formula is C28H29N3O3S2. The van der Waals surface area contributed by atoms with Gasteiger partial charge in [0.05, 0.1) is 33.8 Å². The molecule has 0 aliphatic carbocycles. The van der Waals surface area contributed by atoms with Gasteiger partial charge in [-0.3, -0.25) is 4.79 Å². The molecule has 1 amide bonds. The number of benzene rings is 1. The van der Waals surface area contributed by atoms with Crippen molar-refractivity contribution in [3.63, 3.8) is 0 Å². The van der Waals surface area contributed by atoms with Gasteiger partial charge in [0.25, 0.3) is 5.91 Å². The van der Waals surface area contributed by atoms with Crippen LogP contribution in [0.4, 0.5) is 5.00 Å². The predicted octanol–water partition coefficient (Wildman–Crippen LogP) is 6.61. The van der Waals surface area contributed by atoms with Crippen LogP contribution >= 0.6 is 22.7 Å². The molecule has 0 atom stereocenters. The van der Waals surface area contributed by atoms with Gasteiger partial charge in [0, 0.05) is 21.3 Å².